The molecule has 1 aliphatic rings. The Morgan fingerprint density at radius 3 is 2.46 bits per heavy atom. The number of carbonyl (C=O) groups excluding carboxylic acids is 1. The van der Waals surface area contributed by atoms with E-state index in [4.69, 9.17) is 4.74 Å². The SMILES string of the molecule is COc1ccc(/C2=C/CCN(C)C(=O)c3c2c2ccccc2n3C)cc1. The molecule has 26 heavy (non-hydrogen) atoms. The van der Waals surface area contributed by atoms with E-state index in [9.17, 15) is 4.79 Å². The van der Waals surface area contributed by atoms with Crippen LogP contribution in [0.3, 0.4) is 0 Å². The first-order valence-corrected chi connectivity index (χ1v) is 8.79. The van der Waals surface area contributed by atoms with Gasteiger partial charge in [0.15, 0.2) is 0 Å². The van der Waals surface area contributed by atoms with Gasteiger partial charge in [-0.25, -0.2) is 0 Å². The summed E-state index contributed by atoms with van der Waals surface area (Å²) >= 11 is 0. The third-order valence-corrected chi connectivity index (χ3v) is 5.14. The van der Waals surface area contributed by atoms with Crippen LogP contribution in [0.2, 0.25) is 0 Å². The average Bonchev–Trinajstić information content (AvgIpc) is 2.96. The lowest BCUT2D eigenvalue weighted by molar-refractivity contribution is 0.0787. The molecule has 4 rings (SSSR count). The number of hydrogen-bond donors (Lipinski definition) is 0. The van der Waals surface area contributed by atoms with Gasteiger partial charge in [0.2, 0.25) is 0 Å². The molecule has 4 nitrogen and oxygen atoms in total. The lowest BCUT2D eigenvalue weighted by Crippen LogP contribution is -2.30. The van der Waals surface area contributed by atoms with Crippen LogP contribution in [0.4, 0.5) is 0 Å². The van der Waals surface area contributed by atoms with Gasteiger partial charge >= 0.3 is 0 Å². The van der Waals surface area contributed by atoms with Gasteiger partial charge in [-0.05, 0) is 35.8 Å². The van der Waals surface area contributed by atoms with Crippen LogP contribution < -0.4 is 4.74 Å². The number of fused-ring (bicyclic) bond motifs is 3. The first kappa shape index (κ1) is 16.5. The van der Waals surface area contributed by atoms with E-state index in [1.165, 1.54) is 0 Å². The molecule has 0 radical (unpaired) electrons. The van der Waals surface area contributed by atoms with Crippen LogP contribution in [0.1, 0.15) is 28.0 Å². The number of methoxy groups -OCH3 is 1. The van der Waals surface area contributed by atoms with Crippen molar-refractivity contribution < 1.29 is 9.53 Å². The molecule has 1 amide bonds. The summed E-state index contributed by atoms with van der Waals surface area (Å²) in [5, 5.41) is 1.11. The Morgan fingerprint density at radius 2 is 1.73 bits per heavy atom. The maximum Gasteiger partial charge on any atom is 0.270 e. The van der Waals surface area contributed by atoms with Gasteiger partial charge in [0.05, 0.1) is 7.11 Å². The molecular weight excluding hydrogens is 324 g/mol. The second kappa shape index (κ2) is 6.37. The number of nitrogens with zero attached hydrogens (tertiary/aromatic N) is 2. The van der Waals surface area contributed by atoms with Crippen molar-refractivity contribution in [1.82, 2.24) is 9.47 Å². The summed E-state index contributed by atoms with van der Waals surface area (Å²) in [6.07, 6.45) is 3.07. The van der Waals surface area contributed by atoms with Crippen LogP contribution in [-0.2, 0) is 7.05 Å². The van der Waals surface area contributed by atoms with E-state index in [0.29, 0.717) is 6.54 Å². The zero-order valence-electron chi connectivity index (χ0n) is 15.3. The molecule has 2 heterocycles. The zero-order valence-corrected chi connectivity index (χ0v) is 15.3. The highest BCUT2D eigenvalue weighted by Crippen LogP contribution is 2.37. The Kier molecular flexibility index (Phi) is 4.03. The first-order valence-electron chi connectivity index (χ1n) is 8.79. The standard InChI is InChI=1S/C22H22N2O2/c1-23-14-6-8-17(15-10-12-16(26-3)13-11-15)20-18-7-4-5-9-19(18)24(2)21(20)22(23)25/h4-5,7-13H,6,14H2,1-3H3/b17-8-. The smallest absolute Gasteiger partial charge is 0.270 e. The van der Waals surface area contributed by atoms with Crippen molar-refractivity contribution in [1.29, 1.82) is 0 Å². The molecule has 2 aromatic carbocycles. The summed E-state index contributed by atoms with van der Waals surface area (Å²) in [6.45, 7) is 0.708. The maximum absolute atomic E-state index is 13.1. The fourth-order valence-electron chi connectivity index (χ4n) is 3.74. The van der Waals surface area contributed by atoms with E-state index in [2.05, 4.69) is 30.3 Å². The highest BCUT2D eigenvalue weighted by atomic mass is 16.5. The molecule has 4 heteroatoms. The number of amides is 1. The van der Waals surface area contributed by atoms with E-state index < -0.39 is 0 Å². The molecule has 3 aromatic rings. The van der Waals surface area contributed by atoms with E-state index in [-0.39, 0.29) is 5.91 Å². The highest BCUT2D eigenvalue weighted by molar-refractivity contribution is 6.09. The van der Waals surface area contributed by atoms with Crippen LogP contribution in [0.5, 0.6) is 5.75 Å². The average molecular weight is 346 g/mol. The molecule has 1 aliphatic heterocycles. The second-order valence-corrected chi connectivity index (χ2v) is 6.66. The van der Waals surface area contributed by atoms with Crippen molar-refractivity contribution >= 4 is 22.4 Å². The predicted octanol–water partition coefficient (Wildman–Crippen LogP) is 4.09. The zero-order chi connectivity index (χ0) is 18.3. The lowest BCUT2D eigenvalue weighted by atomic mass is 9.93. The van der Waals surface area contributed by atoms with Gasteiger partial charge in [0.1, 0.15) is 11.4 Å². The van der Waals surface area contributed by atoms with Crippen LogP contribution in [-0.4, -0.2) is 36.1 Å². The number of aromatic nitrogens is 1. The molecule has 0 unspecified atom stereocenters. The van der Waals surface area contributed by atoms with E-state index in [0.717, 1.165) is 45.5 Å². The van der Waals surface area contributed by atoms with Gasteiger partial charge in [-0.1, -0.05) is 36.4 Å². The Hall–Kier alpha value is -3.01. The third-order valence-electron chi connectivity index (χ3n) is 5.14. The fraction of sp³-hybridized carbons (Fsp3) is 0.227. The largest absolute Gasteiger partial charge is 0.497 e. The summed E-state index contributed by atoms with van der Waals surface area (Å²) < 4.78 is 7.31. The van der Waals surface area contributed by atoms with Crippen molar-refractivity contribution in [3.8, 4) is 5.75 Å². The van der Waals surface area contributed by atoms with Gasteiger partial charge in [0.25, 0.3) is 5.91 Å². The minimum absolute atomic E-state index is 0.0674. The monoisotopic (exact) mass is 346 g/mol. The minimum atomic E-state index is 0.0674. The molecule has 0 saturated heterocycles. The number of rotatable bonds is 2. The van der Waals surface area contributed by atoms with Crippen LogP contribution in [0.25, 0.3) is 16.5 Å². The van der Waals surface area contributed by atoms with Crippen molar-refractivity contribution in [2.45, 2.75) is 6.42 Å². The van der Waals surface area contributed by atoms with Crippen LogP contribution >= 0.6 is 0 Å². The minimum Gasteiger partial charge on any atom is -0.497 e. The third kappa shape index (κ3) is 2.49. The molecule has 0 spiro atoms. The Balaban J connectivity index is 2.02. The molecule has 0 fully saturated rings. The Labute approximate surface area is 153 Å². The maximum atomic E-state index is 13.1. The molecule has 1 aromatic heterocycles. The summed E-state index contributed by atoms with van der Waals surface area (Å²) in [6, 6.07) is 16.3. The van der Waals surface area contributed by atoms with Gasteiger partial charge in [0, 0.05) is 37.1 Å². The van der Waals surface area contributed by atoms with Gasteiger partial charge < -0.3 is 14.2 Å². The van der Waals surface area contributed by atoms with E-state index >= 15 is 0 Å². The Bertz CT molecular complexity index is 1010. The normalized spacial score (nSPS) is 16.7. The number of aryl methyl sites for hydroxylation is 1. The van der Waals surface area contributed by atoms with Crippen LogP contribution in [0.15, 0.2) is 54.6 Å². The highest BCUT2D eigenvalue weighted by Gasteiger charge is 2.27. The van der Waals surface area contributed by atoms with Gasteiger partial charge in [-0.3, -0.25) is 4.79 Å². The van der Waals surface area contributed by atoms with Crippen LogP contribution in [0, 0.1) is 0 Å². The van der Waals surface area contributed by atoms with E-state index in [1.54, 1.807) is 12.0 Å². The summed E-state index contributed by atoms with van der Waals surface area (Å²) in [5.74, 6) is 0.895. The number of ether oxygens (including phenoxy) is 1. The number of para-hydroxylation sites is 1. The summed E-state index contributed by atoms with van der Waals surface area (Å²) in [7, 11) is 5.51. The van der Waals surface area contributed by atoms with Gasteiger partial charge in [-0.15, -0.1) is 0 Å². The topological polar surface area (TPSA) is 34.5 Å². The summed E-state index contributed by atoms with van der Waals surface area (Å²) in [5.41, 5.74) is 5.04. The number of benzene rings is 2. The number of carbonyl (C=O) groups is 1. The van der Waals surface area contributed by atoms with Crippen molar-refractivity contribution in [2.75, 3.05) is 20.7 Å². The van der Waals surface area contributed by atoms with Crippen molar-refractivity contribution in [3.05, 3.63) is 71.4 Å². The van der Waals surface area contributed by atoms with Gasteiger partial charge in [-0.2, -0.15) is 0 Å². The molecule has 0 N–H and O–H groups in total. The van der Waals surface area contributed by atoms with E-state index in [1.807, 2.05) is 42.9 Å². The molecule has 0 atom stereocenters. The first-order chi connectivity index (χ1) is 12.6. The quantitative estimate of drug-likeness (QED) is 0.700. The van der Waals surface area contributed by atoms with Crippen molar-refractivity contribution in [2.24, 2.45) is 7.05 Å². The predicted molar refractivity (Wildman–Crippen MR) is 105 cm³/mol. The second-order valence-electron chi connectivity index (χ2n) is 6.66. The van der Waals surface area contributed by atoms with Crippen molar-refractivity contribution in [3.63, 3.8) is 0 Å². The summed E-state index contributed by atoms with van der Waals surface area (Å²) in [4.78, 5) is 14.9. The molecule has 132 valence electrons. The molecule has 0 aliphatic carbocycles. The molecule has 0 saturated carbocycles. The lowest BCUT2D eigenvalue weighted by Gasteiger charge is -2.22. The number of hydrogen-bond acceptors (Lipinski definition) is 2. The molecular formula is C22H22N2O2. The fourth-order valence-corrected chi connectivity index (χ4v) is 3.74. The molecule has 0 bridgehead atoms. The Morgan fingerprint density at radius 1 is 1.00 bits per heavy atom.